The van der Waals surface area contributed by atoms with Crippen molar-refractivity contribution < 1.29 is 13.6 Å². The van der Waals surface area contributed by atoms with E-state index in [0.717, 1.165) is 10.5 Å². The molecule has 1 heterocycles. The summed E-state index contributed by atoms with van der Waals surface area (Å²) in [6.07, 6.45) is 0.630. The van der Waals surface area contributed by atoms with E-state index in [1.807, 2.05) is 12.1 Å². The standard InChI is InChI=1S/C10H8BrF2NO/c11-10(12,13)9(15)14-6-5-7-3-1-2-4-8(7)14/h1-4H,5-6H2. The molecule has 0 spiro atoms. The molecule has 1 aromatic rings. The number of benzene rings is 1. The second-order valence-corrected chi connectivity index (χ2v) is 4.33. The molecule has 0 N–H and O–H groups in total. The molecule has 80 valence electrons. The SMILES string of the molecule is O=C(N1CCc2ccccc21)C(F)(F)Br. The summed E-state index contributed by atoms with van der Waals surface area (Å²) in [7, 11) is 0. The van der Waals surface area contributed by atoms with Crippen molar-refractivity contribution in [2.24, 2.45) is 0 Å². The highest BCUT2D eigenvalue weighted by atomic mass is 79.9. The minimum atomic E-state index is -3.48. The van der Waals surface area contributed by atoms with Crippen molar-refractivity contribution in [2.45, 2.75) is 11.3 Å². The van der Waals surface area contributed by atoms with Crippen LogP contribution in [0.3, 0.4) is 0 Å². The van der Waals surface area contributed by atoms with Gasteiger partial charge in [-0.3, -0.25) is 4.79 Å². The van der Waals surface area contributed by atoms with Gasteiger partial charge >= 0.3 is 10.7 Å². The minimum Gasteiger partial charge on any atom is -0.306 e. The molecule has 0 atom stereocenters. The Morgan fingerprint density at radius 2 is 2.07 bits per heavy atom. The lowest BCUT2D eigenvalue weighted by atomic mass is 10.2. The van der Waals surface area contributed by atoms with Gasteiger partial charge in [0.15, 0.2) is 0 Å². The third-order valence-electron chi connectivity index (χ3n) is 2.37. The first-order chi connectivity index (χ1) is 7.00. The van der Waals surface area contributed by atoms with Gasteiger partial charge < -0.3 is 4.90 Å². The zero-order valence-corrected chi connectivity index (χ0v) is 9.30. The van der Waals surface area contributed by atoms with Crippen molar-refractivity contribution in [2.75, 3.05) is 11.4 Å². The number of carbonyl (C=O) groups is 1. The van der Waals surface area contributed by atoms with E-state index in [2.05, 4.69) is 15.9 Å². The molecular weight excluding hydrogens is 268 g/mol. The fourth-order valence-electron chi connectivity index (χ4n) is 1.70. The smallest absolute Gasteiger partial charge is 0.306 e. The summed E-state index contributed by atoms with van der Waals surface area (Å²) in [6, 6.07) is 7.09. The zero-order chi connectivity index (χ0) is 11.1. The largest absolute Gasteiger partial charge is 0.378 e. The number of fused-ring (bicyclic) bond motifs is 1. The van der Waals surface area contributed by atoms with E-state index in [-0.39, 0.29) is 0 Å². The van der Waals surface area contributed by atoms with Gasteiger partial charge in [-0.2, -0.15) is 8.78 Å². The summed E-state index contributed by atoms with van der Waals surface area (Å²) in [5, 5.41) is 0. The van der Waals surface area contributed by atoms with Crippen molar-refractivity contribution in [3.05, 3.63) is 29.8 Å². The third-order valence-corrected chi connectivity index (χ3v) is 2.71. The predicted octanol–water partition coefficient (Wildman–Crippen LogP) is 2.56. The Hall–Kier alpha value is -0.970. The Morgan fingerprint density at radius 3 is 2.73 bits per heavy atom. The molecule has 0 bridgehead atoms. The zero-order valence-electron chi connectivity index (χ0n) is 7.71. The first kappa shape index (κ1) is 10.5. The Balaban J connectivity index is 2.32. The van der Waals surface area contributed by atoms with Gasteiger partial charge in [-0.25, -0.2) is 0 Å². The lowest BCUT2D eigenvalue weighted by Crippen LogP contribution is -2.39. The average molecular weight is 276 g/mol. The van der Waals surface area contributed by atoms with E-state index in [1.54, 1.807) is 12.1 Å². The maximum absolute atomic E-state index is 12.8. The van der Waals surface area contributed by atoms with Crippen LogP contribution in [-0.2, 0) is 11.2 Å². The number of carbonyl (C=O) groups excluding carboxylic acids is 1. The summed E-state index contributed by atoms with van der Waals surface area (Å²) in [5.41, 5.74) is 1.52. The Labute approximate surface area is 94.0 Å². The molecule has 0 saturated carbocycles. The van der Waals surface area contributed by atoms with Crippen LogP contribution in [0.4, 0.5) is 14.5 Å². The first-order valence-corrected chi connectivity index (χ1v) is 5.26. The van der Waals surface area contributed by atoms with Crippen LogP contribution in [0, 0.1) is 0 Å². The molecule has 0 saturated heterocycles. The average Bonchev–Trinajstić information content (AvgIpc) is 2.58. The van der Waals surface area contributed by atoms with E-state index in [4.69, 9.17) is 0 Å². The maximum Gasteiger partial charge on any atom is 0.378 e. The number of hydrogen-bond acceptors (Lipinski definition) is 1. The molecule has 0 aromatic heterocycles. The summed E-state index contributed by atoms with van der Waals surface area (Å²) in [4.78, 5) is 8.99. The lowest BCUT2D eigenvalue weighted by molar-refractivity contribution is -0.131. The molecule has 0 aliphatic carbocycles. The van der Waals surface area contributed by atoms with Crippen molar-refractivity contribution in [3.63, 3.8) is 0 Å². The normalized spacial score (nSPS) is 15.3. The van der Waals surface area contributed by atoms with Crippen LogP contribution < -0.4 is 4.90 Å². The number of alkyl halides is 3. The highest BCUT2D eigenvalue weighted by Gasteiger charge is 2.41. The fraction of sp³-hybridized carbons (Fsp3) is 0.300. The van der Waals surface area contributed by atoms with E-state index >= 15 is 0 Å². The van der Waals surface area contributed by atoms with Gasteiger partial charge in [0.05, 0.1) is 0 Å². The first-order valence-electron chi connectivity index (χ1n) is 4.47. The molecule has 2 nitrogen and oxygen atoms in total. The molecule has 1 aromatic carbocycles. The van der Waals surface area contributed by atoms with Crippen LogP contribution in [0.2, 0.25) is 0 Å². The molecule has 1 amide bonds. The number of amides is 1. The van der Waals surface area contributed by atoms with E-state index in [9.17, 15) is 13.6 Å². The quantitative estimate of drug-likeness (QED) is 0.722. The highest BCUT2D eigenvalue weighted by Crippen LogP contribution is 2.33. The van der Waals surface area contributed by atoms with E-state index < -0.39 is 10.7 Å². The van der Waals surface area contributed by atoms with Gasteiger partial charge in [-0.1, -0.05) is 18.2 Å². The van der Waals surface area contributed by atoms with Crippen molar-refractivity contribution >= 4 is 27.5 Å². The number of halogens is 3. The van der Waals surface area contributed by atoms with Crippen LogP contribution in [-0.4, -0.2) is 17.3 Å². The van der Waals surface area contributed by atoms with E-state index in [1.165, 1.54) is 0 Å². The molecule has 2 rings (SSSR count). The van der Waals surface area contributed by atoms with Gasteiger partial charge in [0.2, 0.25) is 0 Å². The summed E-state index contributed by atoms with van der Waals surface area (Å²) >= 11 is 2.08. The van der Waals surface area contributed by atoms with Crippen LogP contribution in [0.5, 0.6) is 0 Å². The molecular formula is C10H8BrF2NO. The van der Waals surface area contributed by atoms with Gasteiger partial charge in [-0.05, 0) is 18.1 Å². The van der Waals surface area contributed by atoms with Crippen LogP contribution in [0.25, 0.3) is 0 Å². The highest BCUT2D eigenvalue weighted by molar-refractivity contribution is 9.10. The monoisotopic (exact) mass is 275 g/mol. The third kappa shape index (κ3) is 1.88. The molecule has 5 heteroatoms. The molecule has 1 aliphatic heterocycles. The van der Waals surface area contributed by atoms with Crippen LogP contribution in [0.1, 0.15) is 5.56 Å². The van der Waals surface area contributed by atoms with Crippen LogP contribution >= 0.6 is 15.9 Å². The molecule has 0 fully saturated rings. The van der Waals surface area contributed by atoms with E-state index in [0.29, 0.717) is 18.7 Å². The molecule has 0 radical (unpaired) electrons. The Bertz CT molecular complexity index is 403. The fourth-order valence-corrected chi connectivity index (χ4v) is 1.92. The van der Waals surface area contributed by atoms with Crippen molar-refractivity contribution in [3.8, 4) is 0 Å². The number of hydrogen-bond donors (Lipinski definition) is 0. The summed E-state index contributed by atoms with van der Waals surface area (Å²) < 4.78 is 25.6. The van der Waals surface area contributed by atoms with Crippen molar-refractivity contribution in [1.82, 2.24) is 0 Å². The Kier molecular flexibility index (Phi) is 2.50. The molecule has 0 unspecified atom stereocenters. The number of nitrogens with zero attached hydrogens (tertiary/aromatic N) is 1. The van der Waals surface area contributed by atoms with Crippen LogP contribution in [0.15, 0.2) is 24.3 Å². The number of para-hydroxylation sites is 1. The number of rotatable bonds is 1. The molecule has 1 aliphatic rings. The minimum absolute atomic E-state index is 0.319. The number of anilines is 1. The maximum atomic E-state index is 12.8. The van der Waals surface area contributed by atoms with Gasteiger partial charge in [-0.15, -0.1) is 0 Å². The second kappa shape index (κ2) is 3.56. The second-order valence-electron chi connectivity index (χ2n) is 3.33. The van der Waals surface area contributed by atoms with Crippen molar-refractivity contribution in [1.29, 1.82) is 0 Å². The summed E-state index contributed by atoms with van der Waals surface area (Å²) in [5.74, 6) is -1.20. The predicted molar refractivity (Wildman–Crippen MR) is 56.4 cm³/mol. The topological polar surface area (TPSA) is 20.3 Å². The Morgan fingerprint density at radius 1 is 1.40 bits per heavy atom. The van der Waals surface area contributed by atoms with Gasteiger partial charge in [0.1, 0.15) is 0 Å². The van der Waals surface area contributed by atoms with Gasteiger partial charge in [0.25, 0.3) is 0 Å². The summed E-state index contributed by atoms with van der Waals surface area (Å²) in [6.45, 7) is 0.319. The molecule has 15 heavy (non-hydrogen) atoms. The van der Waals surface area contributed by atoms with Gasteiger partial charge in [0, 0.05) is 28.2 Å². The lowest BCUT2D eigenvalue weighted by Gasteiger charge is -2.19.